The minimum absolute atomic E-state index is 0.404. The zero-order valence-corrected chi connectivity index (χ0v) is 10.9. The van der Waals surface area contributed by atoms with Crippen LogP contribution in [-0.4, -0.2) is 19.3 Å². The smallest absolute Gasteiger partial charge is 0.0616 e. The fourth-order valence-electron chi connectivity index (χ4n) is 1.67. The molecule has 2 nitrogen and oxygen atoms in total. The van der Waals surface area contributed by atoms with Gasteiger partial charge in [0.05, 0.1) is 6.61 Å². The molecule has 0 spiro atoms. The van der Waals surface area contributed by atoms with Crippen LogP contribution in [0.2, 0.25) is 0 Å². The van der Waals surface area contributed by atoms with Gasteiger partial charge in [-0.3, -0.25) is 0 Å². The first-order valence-electron chi connectivity index (χ1n) is 5.53. The van der Waals surface area contributed by atoms with Crippen molar-refractivity contribution in [3.05, 3.63) is 21.9 Å². The van der Waals surface area contributed by atoms with Gasteiger partial charge in [0.2, 0.25) is 0 Å². The second-order valence-corrected chi connectivity index (χ2v) is 4.86. The van der Waals surface area contributed by atoms with E-state index in [1.54, 1.807) is 0 Å². The molecule has 0 aliphatic heterocycles. The van der Waals surface area contributed by atoms with E-state index in [0.29, 0.717) is 12.1 Å². The molecule has 2 unspecified atom stereocenters. The Balaban J connectivity index is 2.42. The van der Waals surface area contributed by atoms with E-state index in [2.05, 4.69) is 37.5 Å². The van der Waals surface area contributed by atoms with Crippen LogP contribution in [0.25, 0.3) is 0 Å². The maximum Gasteiger partial charge on any atom is 0.0616 e. The zero-order valence-electron chi connectivity index (χ0n) is 10.0. The molecule has 0 bridgehead atoms. The average molecular weight is 227 g/mol. The van der Waals surface area contributed by atoms with Gasteiger partial charge in [-0.25, -0.2) is 0 Å². The van der Waals surface area contributed by atoms with Gasteiger partial charge in [0.25, 0.3) is 0 Å². The van der Waals surface area contributed by atoms with Crippen molar-refractivity contribution >= 4 is 11.3 Å². The number of thiophene rings is 1. The predicted molar refractivity (Wildman–Crippen MR) is 66.6 cm³/mol. The van der Waals surface area contributed by atoms with E-state index in [-0.39, 0.29) is 0 Å². The summed E-state index contributed by atoms with van der Waals surface area (Å²) < 4.78 is 5.38. The fourth-order valence-corrected chi connectivity index (χ4v) is 2.62. The normalized spacial score (nSPS) is 15.2. The lowest BCUT2D eigenvalue weighted by molar-refractivity contribution is 0.124. The molecule has 3 heteroatoms. The van der Waals surface area contributed by atoms with E-state index in [1.165, 1.54) is 10.4 Å². The van der Waals surface area contributed by atoms with E-state index in [4.69, 9.17) is 4.74 Å². The molecule has 0 aromatic carbocycles. The van der Waals surface area contributed by atoms with E-state index < -0.39 is 0 Å². The van der Waals surface area contributed by atoms with Crippen molar-refractivity contribution in [2.75, 3.05) is 13.2 Å². The summed E-state index contributed by atoms with van der Waals surface area (Å²) in [6.07, 6.45) is 0. The SMILES string of the molecule is CCOCC(C)NC(C)c1sccc1C. The molecular formula is C12H21NOS. The molecule has 86 valence electrons. The van der Waals surface area contributed by atoms with Gasteiger partial charge in [-0.15, -0.1) is 11.3 Å². The number of nitrogens with one attached hydrogen (secondary N) is 1. The Morgan fingerprint density at radius 2 is 2.20 bits per heavy atom. The summed E-state index contributed by atoms with van der Waals surface area (Å²) in [7, 11) is 0. The van der Waals surface area contributed by atoms with Gasteiger partial charge in [0, 0.05) is 23.6 Å². The molecule has 1 N–H and O–H groups in total. The highest BCUT2D eigenvalue weighted by molar-refractivity contribution is 7.10. The molecule has 0 aliphatic carbocycles. The summed E-state index contributed by atoms with van der Waals surface area (Å²) in [5.74, 6) is 0. The first-order chi connectivity index (χ1) is 7.15. The van der Waals surface area contributed by atoms with Gasteiger partial charge in [-0.05, 0) is 44.7 Å². The Morgan fingerprint density at radius 1 is 1.47 bits per heavy atom. The number of rotatable bonds is 6. The molecule has 0 amide bonds. The Labute approximate surface area is 96.7 Å². The lowest BCUT2D eigenvalue weighted by Gasteiger charge is -2.19. The highest BCUT2D eigenvalue weighted by Gasteiger charge is 2.12. The molecule has 0 saturated carbocycles. The van der Waals surface area contributed by atoms with Crippen molar-refractivity contribution in [3.8, 4) is 0 Å². The second kappa shape index (κ2) is 6.26. The second-order valence-electron chi connectivity index (χ2n) is 3.92. The molecule has 0 radical (unpaired) electrons. The van der Waals surface area contributed by atoms with Crippen molar-refractivity contribution in [2.24, 2.45) is 0 Å². The van der Waals surface area contributed by atoms with Crippen LogP contribution < -0.4 is 5.32 Å². The highest BCUT2D eigenvalue weighted by atomic mass is 32.1. The predicted octanol–water partition coefficient (Wildman–Crippen LogP) is 3.13. The molecule has 0 aliphatic rings. The largest absolute Gasteiger partial charge is 0.380 e. The highest BCUT2D eigenvalue weighted by Crippen LogP contribution is 2.23. The van der Waals surface area contributed by atoms with Crippen LogP contribution in [0.15, 0.2) is 11.4 Å². The van der Waals surface area contributed by atoms with Gasteiger partial charge in [0.1, 0.15) is 0 Å². The van der Waals surface area contributed by atoms with E-state index in [1.807, 2.05) is 18.3 Å². The summed E-state index contributed by atoms with van der Waals surface area (Å²) in [5.41, 5.74) is 1.38. The van der Waals surface area contributed by atoms with Crippen molar-refractivity contribution in [1.82, 2.24) is 5.32 Å². The molecular weight excluding hydrogens is 206 g/mol. The maximum atomic E-state index is 5.38. The molecule has 0 fully saturated rings. The monoisotopic (exact) mass is 227 g/mol. The molecule has 0 saturated heterocycles. The third-order valence-corrected chi connectivity index (χ3v) is 3.60. The Hall–Kier alpha value is -0.380. The molecule has 2 atom stereocenters. The number of ether oxygens (including phenoxy) is 1. The summed E-state index contributed by atoms with van der Waals surface area (Å²) in [4.78, 5) is 1.43. The van der Waals surface area contributed by atoms with E-state index >= 15 is 0 Å². The number of hydrogen-bond acceptors (Lipinski definition) is 3. The van der Waals surface area contributed by atoms with E-state index in [9.17, 15) is 0 Å². The van der Waals surface area contributed by atoms with Crippen LogP contribution in [0.3, 0.4) is 0 Å². The third kappa shape index (κ3) is 3.93. The quantitative estimate of drug-likeness (QED) is 0.806. The first-order valence-corrected chi connectivity index (χ1v) is 6.40. The van der Waals surface area contributed by atoms with Crippen molar-refractivity contribution in [1.29, 1.82) is 0 Å². The summed E-state index contributed by atoms with van der Waals surface area (Å²) in [6, 6.07) is 2.99. The van der Waals surface area contributed by atoms with Gasteiger partial charge >= 0.3 is 0 Å². The van der Waals surface area contributed by atoms with Crippen molar-refractivity contribution < 1.29 is 4.74 Å². The minimum atomic E-state index is 0.404. The van der Waals surface area contributed by atoms with Crippen molar-refractivity contribution in [3.63, 3.8) is 0 Å². The van der Waals surface area contributed by atoms with Gasteiger partial charge in [-0.2, -0.15) is 0 Å². The number of hydrogen-bond donors (Lipinski definition) is 1. The van der Waals surface area contributed by atoms with Crippen LogP contribution in [0.5, 0.6) is 0 Å². The summed E-state index contributed by atoms with van der Waals surface area (Å²) >= 11 is 1.82. The van der Waals surface area contributed by atoms with Crippen LogP contribution in [-0.2, 0) is 4.74 Å². The molecule has 1 aromatic heterocycles. The Morgan fingerprint density at radius 3 is 2.73 bits per heavy atom. The van der Waals surface area contributed by atoms with Gasteiger partial charge in [0.15, 0.2) is 0 Å². The molecule has 15 heavy (non-hydrogen) atoms. The topological polar surface area (TPSA) is 21.3 Å². The summed E-state index contributed by atoms with van der Waals surface area (Å²) in [6.45, 7) is 10.1. The van der Waals surface area contributed by atoms with Crippen LogP contribution in [0.1, 0.15) is 37.3 Å². The minimum Gasteiger partial charge on any atom is -0.380 e. The van der Waals surface area contributed by atoms with Crippen LogP contribution in [0, 0.1) is 6.92 Å². The molecule has 1 aromatic rings. The fraction of sp³-hybridized carbons (Fsp3) is 0.667. The first kappa shape index (κ1) is 12.7. The standard InChI is InChI=1S/C12H21NOS/c1-5-14-8-10(3)13-11(4)12-9(2)6-7-15-12/h6-7,10-11,13H,5,8H2,1-4H3. The number of aryl methyl sites for hydroxylation is 1. The zero-order chi connectivity index (χ0) is 11.3. The molecule has 1 heterocycles. The Bertz CT molecular complexity index is 285. The lowest BCUT2D eigenvalue weighted by atomic mass is 10.2. The average Bonchev–Trinajstić information content (AvgIpc) is 2.61. The van der Waals surface area contributed by atoms with Crippen molar-refractivity contribution in [2.45, 2.75) is 39.8 Å². The maximum absolute atomic E-state index is 5.38. The van der Waals surface area contributed by atoms with Gasteiger partial charge in [-0.1, -0.05) is 0 Å². The molecule has 1 rings (SSSR count). The Kier molecular flexibility index (Phi) is 5.29. The van der Waals surface area contributed by atoms with Gasteiger partial charge < -0.3 is 10.1 Å². The van der Waals surface area contributed by atoms with Crippen LogP contribution >= 0.6 is 11.3 Å². The van der Waals surface area contributed by atoms with E-state index in [0.717, 1.165) is 13.2 Å². The van der Waals surface area contributed by atoms with Crippen LogP contribution in [0.4, 0.5) is 0 Å². The third-order valence-electron chi connectivity index (χ3n) is 2.40. The lowest BCUT2D eigenvalue weighted by Crippen LogP contribution is -2.32. The summed E-state index contributed by atoms with van der Waals surface area (Å²) in [5, 5.41) is 5.69.